The Kier molecular flexibility index (Phi) is 3.12. The molecule has 1 N–H and O–H groups in total. The lowest BCUT2D eigenvalue weighted by Crippen LogP contribution is -2.31. The highest BCUT2D eigenvalue weighted by Gasteiger charge is 2.33. The second kappa shape index (κ2) is 4.19. The average molecular weight is 302 g/mol. The van der Waals surface area contributed by atoms with Crippen molar-refractivity contribution in [1.29, 1.82) is 0 Å². The van der Waals surface area contributed by atoms with Gasteiger partial charge in [0, 0.05) is 3.92 Å². The van der Waals surface area contributed by atoms with Crippen LogP contribution in [0.2, 0.25) is 0 Å². The third-order valence-electron chi connectivity index (χ3n) is 3.05. The van der Waals surface area contributed by atoms with E-state index < -0.39 is 5.60 Å². The van der Waals surface area contributed by atoms with E-state index in [0.717, 1.165) is 35.2 Å². The largest absolute Gasteiger partial charge is 0.385 e. The minimum absolute atomic E-state index is 0.553. The van der Waals surface area contributed by atoms with E-state index in [-0.39, 0.29) is 0 Å². The Morgan fingerprint density at radius 3 is 2.29 bits per heavy atom. The number of hydrogen-bond acceptors (Lipinski definition) is 1. The summed E-state index contributed by atoms with van der Waals surface area (Å²) in [6.07, 6.45) is 4.08. The number of benzene rings is 1. The van der Waals surface area contributed by atoms with Crippen LogP contribution >= 0.6 is 22.6 Å². The lowest BCUT2D eigenvalue weighted by molar-refractivity contribution is 0.00189. The normalized spacial score (nSPS) is 32.9. The second-order valence-corrected chi connectivity index (χ2v) is 5.83. The van der Waals surface area contributed by atoms with Gasteiger partial charge in [-0.15, -0.1) is 0 Å². The Labute approximate surface area is 98.7 Å². The lowest BCUT2D eigenvalue weighted by atomic mass is 9.80. The molecule has 1 fully saturated rings. The fraction of sp³-hybridized carbons (Fsp3) is 0.500. The summed E-state index contributed by atoms with van der Waals surface area (Å²) in [5, 5.41) is 10.5. The molecule has 2 heteroatoms. The molecule has 0 aromatic heterocycles. The number of rotatable bonds is 1. The van der Waals surface area contributed by atoms with Gasteiger partial charge >= 0.3 is 0 Å². The van der Waals surface area contributed by atoms with Crippen molar-refractivity contribution in [3.8, 4) is 0 Å². The van der Waals surface area contributed by atoms with Crippen LogP contribution in [0.15, 0.2) is 30.3 Å². The SMILES string of the molecule is O[C@]1(c2ccccc2)CC[C@H](I)CC1. The fourth-order valence-corrected chi connectivity index (χ4v) is 2.72. The molecule has 1 nitrogen and oxygen atoms in total. The zero-order valence-electron chi connectivity index (χ0n) is 8.12. The van der Waals surface area contributed by atoms with Crippen molar-refractivity contribution in [1.82, 2.24) is 0 Å². The summed E-state index contributed by atoms with van der Waals surface area (Å²) in [5.74, 6) is 0. The molecule has 0 aliphatic heterocycles. The van der Waals surface area contributed by atoms with Crippen LogP contribution in [0.1, 0.15) is 31.2 Å². The van der Waals surface area contributed by atoms with Gasteiger partial charge in [0.05, 0.1) is 5.60 Å². The molecule has 0 unspecified atom stereocenters. The van der Waals surface area contributed by atoms with Gasteiger partial charge in [-0.05, 0) is 31.2 Å². The van der Waals surface area contributed by atoms with Crippen molar-refractivity contribution in [2.24, 2.45) is 0 Å². The van der Waals surface area contributed by atoms with Crippen molar-refractivity contribution in [3.05, 3.63) is 35.9 Å². The van der Waals surface area contributed by atoms with Gasteiger partial charge < -0.3 is 5.11 Å². The first kappa shape index (κ1) is 10.4. The van der Waals surface area contributed by atoms with Crippen LogP contribution in [0, 0.1) is 0 Å². The Hall–Kier alpha value is -0.0900. The first-order chi connectivity index (χ1) is 6.71. The molecule has 0 atom stereocenters. The standard InChI is InChI=1S/C12H15IO/c13-11-6-8-12(14,9-7-11)10-4-2-1-3-5-10/h1-5,11,14H,6-9H2/t11-,12+. The highest BCUT2D eigenvalue weighted by Crippen LogP contribution is 2.39. The van der Waals surface area contributed by atoms with Gasteiger partial charge in [-0.2, -0.15) is 0 Å². The third-order valence-corrected chi connectivity index (χ3v) is 4.30. The average Bonchev–Trinajstić information content (AvgIpc) is 2.24. The Morgan fingerprint density at radius 1 is 1.14 bits per heavy atom. The molecule has 1 aromatic rings. The molecule has 76 valence electrons. The zero-order chi connectivity index (χ0) is 10.0. The van der Waals surface area contributed by atoms with Gasteiger partial charge in [-0.3, -0.25) is 0 Å². The summed E-state index contributed by atoms with van der Waals surface area (Å²) in [5.41, 5.74) is 0.534. The predicted octanol–water partition coefficient (Wildman–Crippen LogP) is 3.25. The molecule has 0 spiro atoms. The highest BCUT2D eigenvalue weighted by atomic mass is 127. The molecule has 0 bridgehead atoms. The topological polar surface area (TPSA) is 20.2 Å². The molecule has 0 amide bonds. The van der Waals surface area contributed by atoms with Gasteiger partial charge in [-0.1, -0.05) is 52.9 Å². The van der Waals surface area contributed by atoms with E-state index in [1.165, 1.54) is 0 Å². The summed E-state index contributed by atoms with van der Waals surface area (Å²) in [7, 11) is 0. The minimum Gasteiger partial charge on any atom is -0.385 e. The minimum atomic E-state index is -0.553. The quantitative estimate of drug-likeness (QED) is 0.623. The molecule has 0 radical (unpaired) electrons. The van der Waals surface area contributed by atoms with E-state index in [1.807, 2.05) is 30.3 Å². The van der Waals surface area contributed by atoms with Crippen molar-refractivity contribution < 1.29 is 5.11 Å². The number of halogens is 1. The van der Waals surface area contributed by atoms with Crippen LogP contribution in [0.3, 0.4) is 0 Å². The van der Waals surface area contributed by atoms with Crippen molar-refractivity contribution in [3.63, 3.8) is 0 Å². The van der Waals surface area contributed by atoms with E-state index in [9.17, 15) is 5.11 Å². The first-order valence-electron chi connectivity index (χ1n) is 5.13. The van der Waals surface area contributed by atoms with E-state index in [0.29, 0.717) is 0 Å². The maximum Gasteiger partial charge on any atom is 0.0897 e. The van der Waals surface area contributed by atoms with E-state index >= 15 is 0 Å². The molecule has 1 saturated carbocycles. The van der Waals surface area contributed by atoms with E-state index in [1.54, 1.807) is 0 Å². The van der Waals surface area contributed by atoms with Crippen molar-refractivity contribution >= 4 is 22.6 Å². The molecular formula is C12H15IO. The Morgan fingerprint density at radius 2 is 1.71 bits per heavy atom. The lowest BCUT2D eigenvalue weighted by Gasteiger charge is -2.34. The van der Waals surface area contributed by atoms with Crippen LogP contribution in [0.4, 0.5) is 0 Å². The first-order valence-corrected chi connectivity index (χ1v) is 6.37. The van der Waals surface area contributed by atoms with Crippen LogP contribution in [0.25, 0.3) is 0 Å². The molecule has 2 rings (SSSR count). The van der Waals surface area contributed by atoms with Crippen LogP contribution in [-0.4, -0.2) is 9.03 Å². The molecule has 1 aliphatic carbocycles. The van der Waals surface area contributed by atoms with Gasteiger partial charge in [0.25, 0.3) is 0 Å². The van der Waals surface area contributed by atoms with Crippen LogP contribution < -0.4 is 0 Å². The maximum atomic E-state index is 10.5. The van der Waals surface area contributed by atoms with Gasteiger partial charge in [0.2, 0.25) is 0 Å². The monoisotopic (exact) mass is 302 g/mol. The summed E-state index contributed by atoms with van der Waals surface area (Å²) in [6.45, 7) is 0. The summed E-state index contributed by atoms with van der Waals surface area (Å²) in [4.78, 5) is 0. The Bertz CT molecular complexity index is 288. The van der Waals surface area contributed by atoms with Crippen LogP contribution in [-0.2, 0) is 5.60 Å². The highest BCUT2D eigenvalue weighted by molar-refractivity contribution is 14.1. The summed E-state index contributed by atoms with van der Waals surface area (Å²) in [6, 6.07) is 10.1. The molecule has 0 saturated heterocycles. The van der Waals surface area contributed by atoms with Gasteiger partial charge in [0.15, 0.2) is 0 Å². The maximum absolute atomic E-state index is 10.5. The Balaban J connectivity index is 2.17. The van der Waals surface area contributed by atoms with Gasteiger partial charge in [-0.25, -0.2) is 0 Å². The molecule has 0 heterocycles. The second-order valence-electron chi connectivity index (χ2n) is 4.07. The smallest absolute Gasteiger partial charge is 0.0897 e. The number of hydrogen-bond donors (Lipinski definition) is 1. The molecular weight excluding hydrogens is 287 g/mol. The number of aliphatic hydroxyl groups is 1. The van der Waals surface area contributed by atoms with Crippen molar-refractivity contribution in [2.75, 3.05) is 0 Å². The van der Waals surface area contributed by atoms with Gasteiger partial charge in [0.1, 0.15) is 0 Å². The molecule has 1 aliphatic rings. The predicted molar refractivity (Wildman–Crippen MR) is 66.6 cm³/mol. The van der Waals surface area contributed by atoms with E-state index in [4.69, 9.17) is 0 Å². The third kappa shape index (κ3) is 2.11. The number of alkyl halides is 1. The van der Waals surface area contributed by atoms with Crippen molar-refractivity contribution in [2.45, 2.75) is 35.2 Å². The molecule has 14 heavy (non-hydrogen) atoms. The molecule has 1 aromatic carbocycles. The fourth-order valence-electron chi connectivity index (χ4n) is 2.10. The van der Waals surface area contributed by atoms with Crippen LogP contribution in [0.5, 0.6) is 0 Å². The summed E-state index contributed by atoms with van der Waals surface area (Å²) < 4.78 is 0.747. The summed E-state index contributed by atoms with van der Waals surface area (Å²) >= 11 is 2.48. The zero-order valence-corrected chi connectivity index (χ0v) is 10.3. The van der Waals surface area contributed by atoms with E-state index in [2.05, 4.69) is 22.6 Å².